The van der Waals surface area contributed by atoms with Gasteiger partial charge in [0.15, 0.2) is 10.7 Å². The average Bonchev–Trinajstić information content (AvgIpc) is 3.19. The monoisotopic (exact) mass is 484 g/mol. The number of benzene rings is 1. The molecular formula is C24H25FN4O4S. The third-order valence-corrected chi connectivity index (χ3v) is 7.70. The Kier molecular flexibility index (Phi) is 6.90. The fourth-order valence-corrected chi connectivity index (χ4v) is 5.69. The van der Waals surface area contributed by atoms with Crippen LogP contribution in [0, 0.1) is 25.6 Å². The molecule has 1 aromatic carbocycles. The van der Waals surface area contributed by atoms with Crippen LogP contribution in [0.4, 0.5) is 10.2 Å². The Balaban J connectivity index is 1.54. The Labute approximate surface area is 197 Å². The van der Waals surface area contributed by atoms with E-state index in [2.05, 4.69) is 15.5 Å². The van der Waals surface area contributed by atoms with Gasteiger partial charge in [-0.05, 0) is 62.6 Å². The van der Waals surface area contributed by atoms with Crippen LogP contribution in [0.2, 0.25) is 0 Å². The lowest BCUT2D eigenvalue weighted by Crippen LogP contribution is -2.44. The van der Waals surface area contributed by atoms with Crippen molar-refractivity contribution in [2.45, 2.75) is 31.6 Å². The van der Waals surface area contributed by atoms with Crippen molar-refractivity contribution in [2.75, 3.05) is 18.4 Å². The maximum Gasteiger partial charge on any atom is 0.248 e. The molecule has 10 heteroatoms. The molecule has 1 atom stereocenters. The van der Waals surface area contributed by atoms with Gasteiger partial charge in [0.05, 0.1) is 5.92 Å². The molecule has 1 N–H and O–H groups in total. The summed E-state index contributed by atoms with van der Waals surface area (Å²) in [5.41, 5.74) is 1.44. The highest BCUT2D eigenvalue weighted by Gasteiger charge is 2.37. The summed E-state index contributed by atoms with van der Waals surface area (Å²) in [6.45, 7) is 3.73. The first-order valence-corrected chi connectivity index (χ1v) is 12.3. The standard InChI is InChI=1S/C24H25FN4O4S/c1-16-11-12-26-22(14-16)27-24(30)19-7-5-13-29(15-19)34(31,32)23-17(2)28-33-21(23)10-9-18-6-3-4-8-20(18)25/h3-4,6,8-12,14,19H,5,7,13,15H2,1-2H3,(H,26,27,30). The van der Waals surface area contributed by atoms with Crippen LogP contribution in [0.15, 0.2) is 52.0 Å². The van der Waals surface area contributed by atoms with Crippen molar-refractivity contribution in [2.24, 2.45) is 5.92 Å². The van der Waals surface area contributed by atoms with Crippen LogP contribution in [-0.2, 0) is 14.8 Å². The number of rotatable bonds is 6. The van der Waals surface area contributed by atoms with Gasteiger partial charge in [-0.3, -0.25) is 4.79 Å². The molecule has 1 saturated heterocycles. The zero-order chi connectivity index (χ0) is 24.3. The molecule has 0 spiro atoms. The van der Waals surface area contributed by atoms with Crippen molar-refractivity contribution in [3.8, 4) is 0 Å². The van der Waals surface area contributed by atoms with E-state index >= 15 is 0 Å². The Hall–Kier alpha value is -3.37. The summed E-state index contributed by atoms with van der Waals surface area (Å²) >= 11 is 0. The average molecular weight is 485 g/mol. The fraction of sp³-hybridized carbons (Fsp3) is 0.292. The second-order valence-electron chi connectivity index (χ2n) is 8.23. The molecule has 1 fully saturated rings. The summed E-state index contributed by atoms with van der Waals surface area (Å²) in [6.07, 6.45) is 5.53. The van der Waals surface area contributed by atoms with E-state index in [0.29, 0.717) is 24.2 Å². The molecule has 4 rings (SSSR count). The van der Waals surface area contributed by atoms with E-state index in [0.717, 1.165) is 5.56 Å². The van der Waals surface area contributed by atoms with Gasteiger partial charge in [0.25, 0.3) is 0 Å². The molecule has 1 aliphatic heterocycles. The number of piperidine rings is 1. The predicted octanol–water partition coefficient (Wildman–Crippen LogP) is 4.04. The van der Waals surface area contributed by atoms with Crippen molar-refractivity contribution in [3.63, 3.8) is 0 Å². The minimum Gasteiger partial charge on any atom is -0.355 e. The van der Waals surface area contributed by atoms with Crippen molar-refractivity contribution in [1.29, 1.82) is 0 Å². The number of hydrogen-bond donors (Lipinski definition) is 1. The van der Waals surface area contributed by atoms with Crippen LogP contribution in [0.3, 0.4) is 0 Å². The SMILES string of the molecule is Cc1ccnc(NC(=O)C2CCCN(S(=O)(=O)c3c(C)noc3C=Cc3ccccc3F)C2)c1. The van der Waals surface area contributed by atoms with Crippen LogP contribution in [-0.4, -0.2) is 41.9 Å². The normalized spacial score (nSPS) is 17.2. The Morgan fingerprint density at radius 3 is 2.79 bits per heavy atom. The number of carbonyl (C=O) groups excluding carboxylic acids is 1. The largest absolute Gasteiger partial charge is 0.355 e. The lowest BCUT2D eigenvalue weighted by molar-refractivity contribution is -0.120. The van der Waals surface area contributed by atoms with Crippen molar-refractivity contribution in [3.05, 3.63) is 71.0 Å². The number of pyridine rings is 1. The molecule has 34 heavy (non-hydrogen) atoms. The van der Waals surface area contributed by atoms with E-state index in [1.807, 2.05) is 13.0 Å². The Bertz CT molecular complexity index is 1340. The van der Waals surface area contributed by atoms with Crippen LogP contribution < -0.4 is 5.32 Å². The highest BCUT2D eigenvalue weighted by atomic mass is 32.2. The number of carbonyl (C=O) groups is 1. The van der Waals surface area contributed by atoms with Crippen LogP contribution in [0.25, 0.3) is 12.2 Å². The topological polar surface area (TPSA) is 105 Å². The minimum atomic E-state index is -4.00. The molecule has 178 valence electrons. The summed E-state index contributed by atoms with van der Waals surface area (Å²) < 4.78 is 47.5. The second-order valence-corrected chi connectivity index (χ2v) is 10.1. The number of hydrogen-bond acceptors (Lipinski definition) is 6. The zero-order valence-corrected chi connectivity index (χ0v) is 19.7. The smallest absolute Gasteiger partial charge is 0.248 e. The summed E-state index contributed by atoms with van der Waals surface area (Å²) in [4.78, 5) is 16.9. The lowest BCUT2D eigenvalue weighted by atomic mass is 9.99. The molecule has 0 radical (unpaired) electrons. The summed E-state index contributed by atoms with van der Waals surface area (Å²) in [5.74, 6) is -0.799. The van der Waals surface area contributed by atoms with Gasteiger partial charge in [-0.1, -0.05) is 23.4 Å². The van der Waals surface area contributed by atoms with Crippen molar-refractivity contribution in [1.82, 2.24) is 14.4 Å². The maximum absolute atomic E-state index is 14.0. The molecule has 0 bridgehead atoms. The fourth-order valence-electron chi connectivity index (χ4n) is 3.91. The Morgan fingerprint density at radius 2 is 2.03 bits per heavy atom. The molecule has 0 saturated carbocycles. The molecule has 0 aliphatic carbocycles. The van der Waals surface area contributed by atoms with Crippen LogP contribution in [0.5, 0.6) is 0 Å². The number of sulfonamides is 1. The van der Waals surface area contributed by atoms with Gasteiger partial charge in [0.2, 0.25) is 15.9 Å². The molecule has 3 heterocycles. The molecule has 8 nitrogen and oxygen atoms in total. The zero-order valence-electron chi connectivity index (χ0n) is 18.9. The van der Waals surface area contributed by atoms with E-state index < -0.39 is 21.8 Å². The number of nitrogens with zero attached hydrogens (tertiary/aromatic N) is 3. The molecule has 2 aromatic heterocycles. The van der Waals surface area contributed by atoms with Gasteiger partial charge < -0.3 is 9.84 Å². The second kappa shape index (κ2) is 9.86. The quantitative estimate of drug-likeness (QED) is 0.566. The Morgan fingerprint density at radius 1 is 1.24 bits per heavy atom. The summed E-state index contributed by atoms with van der Waals surface area (Å²) in [5, 5.41) is 6.59. The molecule has 1 aliphatic rings. The number of halogens is 1. The number of aromatic nitrogens is 2. The van der Waals surface area contributed by atoms with E-state index in [4.69, 9.17) is 4.52 Å². The van der Waals surface area contributed by atoms with E-state index in [-0.39, 0.29) is 35.3 Å². The van der Waals surface area contributed by atoms with E-state index in [1.54, 1.807) is 30.5 Å². The number of nitrogens with one attached hydrogen (secondary N) is 1. The third kappa shape index (κ3) is 5.07. The number of anilines is 1. The van der Waals surface area contributed by atoms with Crippen LogP contribution in [0.1, 0.15) is 35.4 Å². The highest BCUT2D eigenvalue weighted by Crippen LogP contribution is 2.30. The first-order chi connectivity index (χ1) is 16.3. The van der Waals surface area contributed by atoms with Gasteiger partial charge in [0.1, 0.15) is 17.3 Å². The number of aryl methyl sites for hydroxylation is 2. The van der Waals surface area contributed by atoms with Gasteiger partial charge in [0, 0.05) is 24.8 Å². The maximum atomic E-state index is 14.0. The minimum absolute atomic E-state index is 0.0105. The highest BCUT2D eigenvalue weighted by molar-refractivity contribution is 7.89. The lowest BCUT2D eigenvalue weighted by Gasteiger charge is -2.31. The van der Waals surface area contributed by atoms with Gasteiger partial charge in [-0.25, -0.2) is 17.8 Å². The molecular weight excluding hydrogens is 459 g/mol. The number of amides is 1. The van der Waals surface area contributed by atoms with Crippen molar-refractivity contribution >= 4 is 33.9 Å². The summed E-state index contributed by atoms with van der Waals surface area (Å²) in [6, 6.07) is 9.71. The predicted molar refractivity (Wildman–Crippen MR) is 126 cm³/mol. The molecule has 3 aromatic rings. The molecule has 1 unspecified atom stereocenters. The van der Waals surface area contributed by atoms with Crippen LogP contribution >= 0.6 is 0 Å². The van der Waals surface area contributed by atoms with E-state index in [1.165, 1.54) is 29.4 Å². The third-order valence-electron chi connectivity index (χ3n) is 5.67. The van der Waals surface area contributed by atoms with Gasteiger partial charge >= 0.3 is 0 Å². The first kappa shape index (κ1) is 23.8. The van der Waals surface area contributed by atoms with Gasteiger partial charge in [-0.2, -0.15) is 4.31 Å². The summed E-state index contributed by atoms with van der Waals surface area (Å²) in [7, 11) is -4.00. The first-order valence-electron chi connectivity index (χ1n) is 10.9. The molecule has 1 amide bonds. The van der Waals surface area contributed by atoms with Crippen molar-refractivity contribution < 1.29 is 22.1 Å². The van der Waals surface area contributed by atoms with E-state index in [9.17, 15) is 17.6 Å². The van der Waals surface area contributed by atoms with Gasteiger partial charge in [-0.15, -0.1) is 0 Å².